The van der Waals surface area contributed by atoms with Gasteiger partial charge in [0.1, 0.15) is 12.2 Å². The first-order chi connectivity index (χ1) is 7.51. The Morgan fingerprint density at radius 3 is 2.62 bits per heavy atom. The molecule has 2 aromatic rings. The predicted octanol–water partition coefficient (Wildman–Crippen LogP) is 2.90. The van der Waals surface area contributed by atoms with Crippen LogP contribution in [-0.4, -0.2) is 14.8 Å². The van der Waals surface area contributed by atoms with Crippen LogP contribution in [0.3, 0.4) is 0 Å². The van der Waals surface area contributed by atoms with Crippen LogP contribution in [0.4, 0.5) is 0 Å². The van der Waals surface area contributed by atoms with Crippen LogP contribution in [0.5, 0.6) is 0 Å². The highest BCUT2D eigenvalue weighted by atomic mass is 79.9. The van der Waals surface area contributed by atoms with E-state index in [0.717, 1.165) is 10.3 Å². The second-order valence-corrected chi connectivity index (χ2v) is 5.32. The molecule has 2 rings (SSSR count). The molecule has 0 fully saturated rings. The van der Waals surface area contributed by atoms with Gasteiger partial charge in [-0.2, -0.15) is 0 Å². The van der Waals surface area contributed by atoms with Crippen molar-refractivity contribution >= 4 is 15.9 Å². The maximum Gasteiger partial charge on any atom is 0.142 e. The van der Waals surface area contributed by atoms with E-state index in [1.807, 2.05) is 23.7 Å². The molecule has 0 aliphatic rings. The third-order valence-electron chi connectivity index (χ3n) is 2.82. The minimum absolute atomic E-state index is 0.144. The van der Waals surface area contributed by atoms with E-state index in [-0.39, 0.29) is 5.41 Å². The van der Waals surface area contributed by atoms with E-state index in [1.54, 1.807) is 6.33 Å². The topological polar surface area (TPSA) is 30.7 Å². The Labute approximate surface area is 104 Å². The van der Waals surface area contributed by atoms with E-state index in [4.69, 9.17) is 0 Å². The fourth-order valence-electron chi connectivity index (χ4n) is 1.86. The minimum atomic E-state index is -0.144. The van der Waals surface area contributed by atoms with Crippen LogP contribution in [0.15, 0.2) is 35.1 Å². The fourth-order valence-corrected chi connectivity index (χ4v) is 2.25. The highest BCUT2D eigenvalue weighted by molar-refractivity contribution is 9.10. The summed E-state index contributed by atoms with van der Waals surface area (Å²) in [5, 5.41) is 8.13. The molecule has 3 nitrogen and oxygen atoms in total. The van der Waals surface area contributed by atoms with Crippen molar-refractivity contribution in [3.63, 3.8) is 0 Å². The van der Waals surface area contributed by atoms with Crippen LogP contribution in [0.2, 0.25) is 0 Å². The molecule has 0 aliphatic carbocycles. The molecule has 0 N–H and O–H groups in total. The van der Waals surface area contributed by atoms with E-state index in [0.29, 0.717) is 0 Å². The fraction of sp³-hybridized carbons (Fsp3) is 0.333. The van der Waals surface area contributed by atoms with E-state index < -0.39 is 0 Å². The summed E-state index contributed by atoms with van der Waals surface area (Å²) in [5.74, 6) is 0.964. The molecule has 0 saturated carbocycles. The van der Waals surface area contributed by atoms with E-state index in [9.17, 15) is 0 Å². The number of hydrogen-bond acceptors (Lipinski definition) is 2. The van der Waals surface area contributed by atoms with Crippen molar-refractivity contribution in [2.75, 3.05) is 0 Å². The molecule has 1 aromatic carbocycles. The summed E-state index contributed by atoms with van der Waals surface area (Å²) in [6, 6.07) is 8.29. The lowest BCUT2D eigenvalue weighted by Crippen LogP contribution is -2.23. The van der Waals surface area contributed by atoms with Gasteiger partial charge in [0.25, 0.3) is 0 Å². The molecule has 1 heterocycles. The lowest BCUT2D eigenvalue weighted by molar-refractivity contribution is 0.560. The number of nitrogens with zero attached hydrogens (tertiary/aromatic N) is 3. The highest BCUT2D eigenvalue weighted by Gasteiger charge is 2.27. The van der Waals surface area contributed by atoms with E-state index >= 15 is 0 Å². The van der Waals surface area contributed by atoms with Crippen LogP contribution >= 0.6 is 15.9 Å². The summed E-state index contributed by atoms with van der Waals surface area (Å²) in [7, 11) is 1.97. The van der Waals surface area contributed by atoms with Gasteiger partial charge in [0, 0.05) is 16.9 Å². The van der Waals surface area contributed by atoms with Crippen LogP contribution < -0.4 is 0 Å². The van der Waals surface area contributed by atoms with Crippen LogP contribution in [0.1, 0.15) is 25.2 Å². The minimum Gasteiger partial charge on any atom is -0.320 e. The van der Waals surface area contributed by atoms with Gasteiger partial charge < -0.3 is 4.57 Å². The van der Waals surface area contributed by atoms with Gasteiger partial charge in [0.2, 0.25) is 0 Å². The average Bonchev–Trinajstić information content (AvgIpc) is 2.65. The quantitative estimate of drug-likeness (QED) is 0.846. The number of rotatable bonds is 2. The standard InChI is InChI=1S/C12H14BrN3/c1-12(2,11-15-14-8-16(11)3)9-5-4-6-10(13)7-9/h4-8H,1-3H3. The Kier molecular flexibility index (Phi) is 2.84. The van der Waals surface area contributed by atoms with Crippen LogP contribution in [0.25, 0.3) is 0 Å². The first-order valence-corrected chi connectivity index (χ1v) is 5.91. The average molecular weight is 280 g/mol. The van der Waals surface area contributed by atoms with Gasteiger partial charge in [-0.25, -0.2) is 0 Å². The highest BCUT2D eigenvalue weighted by Crippen LogP contribution is 2.30. The van der Waals surface area contributed by atoms with Gasteiger partial charge in [0.05, 0.1) is 0 Å². The molecular formula is C12H14BrN3. The van der Waals surface area contributed by atoms with E-state index in [1.165, 1.54) is 5.56 Å². The zero-order chi connectivity index (χ0) is 11.8. The van der Waals surface area contributed by atoms with Gasteiger partial charge in [-0.05, 0) is 31.5 Å². The van der Waals surface area contributed by atoms with Crippen LogP contribution in [0, 0.1) is 0 Å². The second-order valence-electron chi connectivity index (χ2n) is 4.40. The van der Waals surface area contributed by atoms with E-state index in [2.05, 4.69) is 52.1 Å². The first-order valence-electron chi connectivity index (χ1n) is 5.12. The van der Waals surface area contributed by atoms with Crippen molar-refractivity contribution in [1.29, 1.82) is 0 Å². The smallest absolute Gasteiger partial charge is 0.142 e. The SMILES string of the molecule is Cn1cnnc1C(C)(C)c1cccc(Br)c1. The van der Waals surface area contributed by atoms with Crippen molar-refractivity contribution in [3.8, 4) is 0 Å². The Bertz CT molecular complexity index is 502. The maximum atomic E-state index is 4.19. The number of hydrogen-bond donors (Lipinski definition) is 0. The molecule has 0 amide bonds. The third-order valence-corrected chi connectivity index (χ3v) is 3.31. The molecule has 4 heteroatoms. The van der Waals surface area contributed by atoms with Crippen molar-refractivity contribution in [3.05, 3.63) is 46.5 Å². The second kappa shape index (κ2) is 4.01. The number of aromatic nitrogens is 3. The molecule has 0 radical (unpaired) electrons. The molecule has 0 aliphatic heterocycles. The molecule has 1 aromatic heterocycles. The Hall–Kier alpha value is -1.16. The summed E-state index contributed by atoms with van der Waals surface area (Å²) in [5.41, 5.74) is 1.08. The summed E-state index contributed by atoms with van der Waals surface area (Å²) < 4.78 is 3.04. The van der Waals surface area contributed by atoms with Crippen molar-refractivity contribution in [1.82, 2.24) is 14.8 Å². The third kappa shape index (κ3) is 1.89. The van der Waals surface area contributed by atoms with Crippen LogP contribution in [-0.2, 0) is 12.5 Å². The van der Waals surface area contributed by atoms with Crippen molar-refractivity contribution in [2.45, 2.75) is 19.3 Å². The molecule has 0 atom stereocenters. The molecule has 0 saturated heterocycles. The Morgan fingerprint density at radius 1 is 1.31 bits per heavy atom. The van der Waals surface area contributed by atoms with Gasteiger partial charge in [0.15, 0.2) is 0 Å². The monoisotopic (exact) mass is 279 g/mol. The van der Waals surface area contributed by atoms with Crippen molar-refractivity contribution < 1.29 is 0 Å². The van der Waals surface area contributed by atoms with Gasteiger partial charge in [-0.1, -0.05) is 28.1 Å². The molecular weight excluding hydrogens is 266 g/mol. The first kappa shape index (κ1) is 11.3. The lowest BCUT2D eigenvalue weighted by atomic mass is 9.84. The summed E-state index contributed by atoms with van der Waals surface area (Å²) in [6.45, 7) is 4.30. The summed E-state index contributed by atoms with van der Waals surface area (Å²) in [4.78, 5) is 0. The number of aryl methyl sites for hydroxylation is 1. The van der Waals surface area contributed by atoms with Crippen molar-refractivity contribution in [2.24, 2.45) is 7.05 Å². The number of benzene rings is 1. The number of halogens is 1. The normalized spacial score (nSPS) is 11.8. The molecule has 0 spiro atoms. The summed E-state index contributed by atoms with van der Waals surface area (Å²) in [6.07, 6.45) is 1.73. The molecule has 16 heavy (non-hydrogen) atoms. The maximum absolute atomic E-state index is 4.19. The molecule has 84 valence electrons. The lowest BCUT2D eigenvalue weighted by Gasteiger charge is -2.24. The molecule has 0 unspecified atom stereocenters. The zero-order valence-corrected chi connectivity index (χ0v) is 11.2. The van der Waals surface area contributed by atoms with Gasteiger partial charge in [-0.3, -0.25) is 0 Å². The van der Waals surface area contributed by atoms with Gasteiger partial charge >= 0.3 is 0 Å². The Morgan fingerprint density at radius 2 is 2.06 bits per heavy atom. The van der Waals surface area contributed by atoms with Gasteiger partial charge in [-0.15, -0.1) is 10.2 Å². The predicted molar refractivity (Wildman–Crippen MR) is 67.3 cm³/mol. The Balaban J connectivity index is 2.51. The summed E-state index contributed by atoms with van der Waals surface area (Å²) >= 11 is 3.49. The zero-order valence-electron chi connectivity index (χ0n) is 9.61. The molecule has 0 bridgehead atoms. The largest absolute Gasteiger partial charge is 0.320 e.